The fourth-order valence-electron chi connectivity index (χ4n) is 1.68. The van der Waals surface area contributed by atoms with Gasteiger partial charge in [0.05, 0.1) is 12.7 Å². The molecule has 0 unspecified atom stereocenters. The zero-order chi connectivity index (χ0) is 14.9. The lowest BCUT2D eigenvalue weighted by molar-refractivity contribution is -0.146. The lowest BCUT2D eigenvalue weighted by Gasteiger charge is -2.21. The summed E-state index contributed by atoms with van der Waals surface area (Å²) in [6.45, 7) is 3.01. The summed E-state index contributed by atoms with van der Waals surface area (Å²) in [5.41, 5.74) is -0.772. The maximum Gasteiger partial charge on any atom is 0.331 e. The van der Waals surface area contributed by atoms with E-state index < -0.39 is 11.5 Å². The molecular formula is C12H13ClN4O3. The van der Waals surface area contributed by atoms with Crippen LogP contribution in [0.3, 0.4) is 0 Å². The van der Waals surface area contributed by atoms with Crippen LogP contribution in [0.2, 0.25) is 5.02 Å². The second kappa shape index (κ2) is 5.09. The summed E-state index contributed by atoms with van der Waals surface area (Å²) in [6.07, 6.45) is 0. The Balaban J connectivity index is 2.64. The number of carbonyl (C=O) groups is 1. The van der Waals surface area contributed by atoms with Crippen molar-refractivity contribution in [1.29, 1.82) is 0 Å². The Morgan fingerprint density at radius 1 is 1.45 bits per heavy atom. The van der Waals surface area contributed by atoms with E-state index in [1.807, 2.05) is 0 Å². The summed E-state index contributed by atoms with van der Waals surface area (Å²) in [6, 6.07) is 4.96. The molecule has 1 aromatic heterocycles. The van der Waals surface area contributed by atoms with E-state index in [0.29, 0.717) is 16.3 Å². The number of ether oxygens (including phenoxy) is 1. The number of hydrogen-bond donors (Lipinski definition) is 1. The van der Waals surface area contributed by atoms with Crippen LogP contribution >= 0.6 is 11.6 Å². The van der Waals surface area contributed by atoms with Gasteiger partial charge in [-0.3, -0.25) is 0 Å². The Hall–Kier alpha value is -2.15. The molecule has 0 radical (unpaired) electrons. The Labute approximate surface area is 120 Å². The third-order valence-electron chi connectivity index (χ3n) is 2.92. The second-order valence-electron chi connectivity index (χ2n) is 4.62. The molecule has 8 heteroatoms. The molecule has 0 saturated carbocycles. The van der Waals surface area contributed by atoms with Gasteiger partial charge in [-0.05, 0) is 42.5 Å². The van der Waals surface area contributed by atoms with Crippen LogP contribution in [0.25, 0.3) is 11.4 Å². The van der Waals surface area contributed by atoms with Gasteiger partial charge in [-0.2, -0.15) is 0 Å². The molecule has 1 heterocycles. The molecule has 20 heavy (non-hydrogen) atoms. The Morgan fingerprint density at radius 3 is 2.75 bits per heavy atom. The van der Waals surface area contributed by atoms with Crippen molar-refractivity contribution in [3.05, 3.63) is 23.2 Å². The van der Waals surface area contributed by atoms with Gasteiger partial charge in [-0.1, -0.05) is 11.6 Å². The molecule has 0 aliphatic rings. The molecule has 106 valence electrons. The number of aromatic nitrogens is 4. The first kappa shape index (κ1) is 14.3. The highest BCUT2D eigenvalue weighted by molar-refractivity contribution is 6.30. The van der Waals surface area contributed by atoms with E-state index in [-0.39, 0.29) is 5.82 Å². The maximum absolute atomic E-state index is 11.4. The molecular weight excluding hydrogens is 284 g/mol. The molecule has 0 spiro atoms. The van der Waals surface area contributed by atoms with Gasteiger partial charge in [-0.25, -0.2) is 9.48 Å². The highest BCUT2D eigenvalue weighted by Gasteiger charge is 2.34. The summed E-state index contributed by atoms with van der Waals surface area (Å²) in [5.74, 6) is -0.268. The van der Waals surface area contributed by atoms with Gasteiger partial charge in [0.1, 0.15) is 5.75 Å². The van der Waals surface area contributed by atoms with Crippen molar-refractivity contribution in [3.8, 4) is 17.1 Å². The minimum absolute atomic E-state index is 0.275. The highest BCUT2D eigenvalue weighted by atomic mass is 35.5. The molecule has 7 nitrogen and oxygen atoms in total. The van der Waals surface area contributed by atoms with Crippen molar-refractivity contribution < 1.29 is 14.6 Å². The first-order chi connectivity index (χ1) is 9.37. The number of benzene rings is 1. The lowest BCUT2D eigenvalue weighted by Crippen LogP contribution is -2.37. The number of carboxylic acid groups (broad SMARTS) is 1. The number of halogens is 1. The lowest BCUT2D eigenvalue weighted by atomic mass is 10.1. The van der Waals surface area contributed by atoms with Gasteiger partial charge >= 0.3 is 5.97 Å². The Morgan fingerprint density at radius 2 is 2.15 bits per heavy atom. The van der Waals surface area contributed by atoms with E-state index in [4.69, 9.17) is 16.3 Å². The smallest absolute Gasteiger partial charge is 0.331 e. The van der Waals surface area contributed by atoms with Gasteiger partial charge in [0.2, 0.25) is 0 Å². The van der Waals surface area contributed by atoms with E-state index in [1.165, 1.54) is 25.6 Å². The van der Waals surface area contributed by atoms with Gasteiger partial charge in [0, 0.05) is 5.02 Å². The van der Waals surface area contributed by atoms with Crippen molar-refractivity contribution in [2.45, 2.75) is 19.4 Å². The molecule has 2 aromatic rings. The minimum atomic E-state index is -1.30. The van der Waals surface area contributed by atoms with Crippen LogP contribution in [0.5, 0.6) is 5.75 Å². The number of aliphatic carboxylic acids is 1. The average Bonchev–Trinajstić information content (AvgIpc) is 2.88. The van der Waals surface area contributed by atoms with Crippen LogP contribution in [0.15, 0.2) is 18.2 Å². The molecule has 0 bridgehead atoms. The predicted molar refractivity (Wildman–Crippen MR) is 71.8 cm³/mol. The molecule has 0 amide bonds. The first-order valence-corrected chi connectivity index (χ1v) is 6.12. The molecule has 0 saturated heterocycles. The third kappa shape index (κ3) is 2.32. The number of hydrogen-bond acceptors (Lipinski definition) is 5. The number of rotatable bonds is 4. The minimum Gasteiger partial charge on any atom is -0.496 e. The normalized spacial score (nSPS) is 11.4. The number of methoxy groups -OCH3 is 1. The van der Waals surface area contributed by atoms with Crippen LogP contribution in [0, 0.1) is 0 Å². The molecule has 0 aliphatic carbocycles. The Kier molecular flexibility index (Phi) is 3.63. The molecule has 0 atom stereocenters. The van der Waals surface area contributed by atoms with E-state index in [1.54, 1.807) is 18.2 Å². The van der Waals surface area contributed by atoms with Crippen LogP contribution in [-0.2, 0) is 10.3 Å². The van der Waals surface area contributed by atoms with Crippen molar-refractivity contribution in [2.24, 2.45) is 0 Å². The standard InChI is InChI=1S/C12H13ClN4O3/c1-12(2,11(18)19)17-10(14-15-16-17)8-6-7(13)4-5-9(8)20-3/h4-6H,1-3H3,(H,18,19). The van der Waals surface area contributed by atoms with E-state index in [2.05, 4.69) is 15.5 Å². The van der Waals surface area contributed by atoms with E-state index in [9.17, 15) is 9.90 Å². The topological polar surface area (TPSA) is 90.1 Å². The molecule has 0 aliphatic heterocycles. The SMILES string of the molecule is COc1ccc(Cl)cc1-c1nnnn1C(C)(C)C(=O)O. The van der Waals surface area contributed by atoms with Gasteiger partial charge in [-0.15, -0.1) is 5.10 Å². The maximum atomic E-state index is 11.4. The summed E-state index contributed by atoms with van der Waals surface area (Å²) < 4.78 is 6.46. The van der Waals surface area contributed by atoms with E-state index in [0.717, 1.165) is 0 Å². The summed E-state index contributed by atoms with van der Waals surface area (Å²) in [4.78, 5) is 11.4. The number of tetrazole rings is 1. The average molecular weight is 297 g/mol. The summed E-state index contributed by atoms with van der Waals surface area (Å²) in [5, 5.41) is 21.0. The zero-order valence-electron chi connectivity index (χ0n) is 11.2. The summed E-state index contributed by atoms with van der Waals surface area (Å²) in [7, 11) is 1.50. The molecule has 2 rings (SSSR count). The van der Waals surface area contributed by atoms with Gasteiger partial charge in [0.15, 0.2) is 11.4 Å². The van der Waals surface area contributed by atoms with Gasteiger partial charge in [0.25, 0.3) is 0 Å². The van der Waals surface area contributed by atoms with Crippen LogP contribution in [-0.4, -0.2) is 38.4 Å². The van der Waals surface area contributed by atoms with E-state index >= 15 is 0 Å². The van der Waals surface area contributed by atoms with Gasteiger partial charge < -0.3 is 9.84 Å². The third-order valence-corrected chi connectivity index (χ3v) is 3.16. The van der Waals surface area contributed by atoms with Crippen LogP contribution in [0.1, 0.15) is 13.8 Å². The number of carboxylic acids is 1. The molecule has 1 aromatic carbocycles. The zero-order valence-corrected chi connectivity index (χ0v) is 11.9. The van der Waals surface area contributed by atoms with Crippen LogP contribution in [0.4, 0.5) is 0 Å². The predicted octanol–water partition coefficient (Wildman–Crippen LogP) is 1.82. The monoisotopic (exact) mass is 296 g/mol. The fraction of sp³-hybridized carbons (Fsp3) is 0.333. The van der Waals surface area contributed by atoms with Crippen LogP contribution < -0.4 is 4.74 Å². The quantitative estimate of drug-likeness (QED) is 0.925. The first-order valence-electron chi connectivity index (χ1n) is 5.74. The Bertz CT molecular complexity index is 654. The largest absolute Gasteiger partial charge is 0.496 e. The summed E-state index contributed by atoms with van der Waals surface area (Å²) >= 11 is 5.97. The number of nitrogens with zero attached hydrogens (tertiary/aromatic N) is 4. The highest BCUT2D eigenvalue weighted by Crippen LogP contribution is 2.32. The molecule has 0 fully saturated rings. The second-order valence-corrected chi connectivity index (χ2v) is 5.06. The van der Waals surface area contributed by atoms with Crippen molar-refractivity contribution in [2.75, 3.05) is 7.11 Å². The fourth-order valence-corrected chi connectivity index (χ4v) is 1.85. The van der Waals surface area contributed by atoms with Crippen molar-refractivity contribution in [1.82, 2.24) is 20.2 Å². The van der Waals surface area contributed by atoms with Crippen molar-refractivity contribution in [3.63, 3.8) is 0 Å². The molecule has 1 N–H and O–H groups in total. The van der Waals surface area contributed by atoms with Crippen molar-refractivity contribution >= 4 is 17.6 Å².